The molecule has 2 aromatic rings. The minimum absolute atomic E-state index is 0.202. The van der Waals surface area contributed by atoms with Gasteiger partial charge in [0.2, 0.25) is 0 Å². The van der Waals surface area contributed by atoms with E-state index in [1.165, 1.54) is 12.1 Å². The van der Waals surface area contributed by atoms with Crippen molar-refractivity contribution < 1.29 is 9.85 Å². The second-order valence-corrected chi connectivity index (χ2v) is 3.96. The van der Waals surface area contributed by atoms with Gasteiger partial charge in [0.15, 0.2) is 0 Å². The van der Waals surface area contributed by atoms with Gasteiger partial charge in [0, 0.05) is 18.0 Å². The number of hydrogen-bond acceptors (Lipinski definition) is 5. The van der Waals surface area contributed by atoms with Crippen molar-refractivity contribution in [1.82, 2.24) is 9.78 Å². The van der Waals surface area contributed by atoms with Gasteiger partial charge in [-0.1, -0.05) is 0 Å². The molecular weight excluding hydrogens is 252 g/mol. The van der Waals surface area contributed by atoms with E-state index < -0.39 is 9.85 Å². The summed E-state index contributed by atoms with van der Waals surface area (Å²) in [4.78, 5) is 20.3. The van der Waals surface area contributed by atoms with Crippen LogP contribution in [0, 0.1) is 27.2 Å². The fourth-order valence-corrected chi connectivity index (χ4v) is 1.70. The summed E-state index contributed by atoms with van der Waals surface area (Å²) in [5.74, 6) is 0. The van der Waals surface area contributed by atoms with Crippen molar-refractivity contribution in [3.63, 3.8) is 0 Å². The first-order valence-electron chi connectivity index (χ1n) is 5.39. The maximum Gasteiger partial charge on any atom is 0.281 e. The summed E-state index contributed by atoms with van der Waals surface area (Å²) >= 11 is 0. The Kier molecular flexibility index (Phi) is 3.23. The molecule has 1 aromatic carbocycles. The quantitative estimate of drug-likeness (QED) is 0.619. The smallest absolute Gasteiger partial charge is 0.265 e. The summed E-state index contributed by atoms with van der Waals surface area (Å²) in [6.07, 6.45) is 1.59. The standard InChI is InChI=1S/C11H10N4O4/c1-8-4-5-12-13(8)7-9-2-3-10(14(16)17)6-11(9)15(18)19/h2-6H,7H2,1H3. The summed E-state index contributed by atoms with van der Waals surface area (Å²) in [6.45, 7) is 2.03. The Morgan fingerprint density at radius 3 is 2.47 bits per heavy atom. The number of rotatable bonds is 4. The van der Waals surface area contributed by atoms with Crippen molar-refractivity contribution in [2.24, 2.45) is 0 Å². The van der Waals surface area contributed by atoms with Crippen molar-refractivity contribution in [2.45, 2.75) is 13.5 Å². The van der Waals surface area contributed by atoms with Crippen LogP contribution < -0.4 is 0 Å². The molecule has 1 aromatic heterocycles. The fourth-order valence-electron chi connectivity index (χ4n) is 1.70. The van der Waals surface area contributed by atoms with Gasteiger partial charge in [0.05, 0.1) is 28.0 Å². The molecule has 0 saturated carbocycles. The monoisotopic (exact) mass is 262 g/mol. The summed E-state index contributed by atoms with van der Waals surface area (Å²) in [7, 11) is 0. The Balaban J connectivity index is 2.43. The van der Waals surface area contributed by atoms with Crippen LogP contribution in [0.4, 0.5) is 11.4 Å². The molecule has 0 saturated heterocycles. The number of benzene rings is 1. The Hall–Kier alpha value is -2.77. The number of aromatic nitrogens is 2. The topological polar surface area (TPSA) is 104 Å². The van der Waals surface area contributed by atoms with Gasteiger partial charge in [-0.05, 0) is 19.1 Å². The van der Waals surface area contributed by atoms with Crippen LogP contribution >= 0.6 is 0 Å². The normalized spacial score (nSPS) is 10.4. The third-order valence-corrected chi connectivity index (χ3v) is 2.73. The Morgan fingerprint density at radius 1 is 1.21 bits per heavy atom. The highest BCUT2D eigenvalue weighted by Gasteiger charge is 2.19. The van der Waals surface area contributed by atoms with Gasteiger partial charge in [0.25, 0.3) is 11.4 Å². The third-order valence-electron chi connectivity index (χ3n) is 2.73. The summed E-state index contributed by atoms with van der Waals surface area (Å²) < 4.78 is 1.59. The van der Waals surface area contributed by atoms with Crippen LogP contribution in [0.3, 0.4) is 0 Å². The van der Waals surface area contributed by atoms with E-state index in [4.69, 9.17) is 0 Å². The lowest BCUT2D eigenvalue weighted by molar-refractivity contribution is -0.394. The van der Waals surface area contributed by atoms with E-state index in [0.29, 0.717) is 5.56 Å². The van der Waals surface area contributed by atoms with E-state index in [1.54, 1.807) is 16.9 Å². The van der Waals surface area contributed by atoms with E-state index >= 15 is 0 Å². The van der Waals surface area contributed by atoms with Crippen LogP contribution in [-0.2, 0) is 6.54 Å². The summed E-state index contributed by atoms with van der Waals surface area (Å²) in [5, 5.41) is 25.6. The van der Waals surface area contributed by atoms with Crippen LogP contribution in [-0.4, -0.2) is 19.6 Å². The Labute approximate surface area is 107 Å². The lowest BCUT2D eigenvalue weighted by atomic mass is 10.1. The van der Waals surface area contributed by atoms with Gasteiger partial charge < -0.3 is 0 Å². The first-order chi connectivity index (χ1) is 8.99. The van der Waals surface area contributed by atoms with Crippen molar-refractivity contribution in [1.29, 1.82) is 0 Å². The van der Waals surface area contributed by atoms with Gasteiger partial charge >= 0.3 is 0 Å². The lowest BCUT2D eigenvalue weighted by Crippen LogP contribution is -2.06. The molecule has 0 aliphatic carbocycles. The van der Waals surface area contributed by atoms with Crippen molar-refractivity contribution in [2.75, 3.05) is 0 Å². The van der Waals surface area contributed by atoms with Gasteiger partial charge in [-0.15, -0.1) is 0 Å². The van der Waals surface area contributed by atoms with Gasteiger partial charge in [0.1, 0.15) is 0 Å². The molecule has 0 atom stereocenters. The zero-order valence-electron chi connectivity index (χ0n) is 10.0. The molecule has 0 bridgehead atoms. The average molecular weight is 262 g/mol. The van der Waals surface area contributed by atoms with E-state index in [2.05, 4.69) is 5.10 Å². The van der Waals surface area contributed by atoms with Crippen LogP contribution in [0.5, 0.6) is 0 Å². The van der Waals surface area contributed by atoms with Crippen LogP contribution in [0.15, 0.2) is 30.5 Å². The molecule has 0 radical (unpaired) electrons. The molecule has 0 N–H and O–H groups in total. The highest BCUT2D eigenvalue weighted by atomic mass is 16.6. The number of nitro benzene ring substituents is 2. The van der Waals surface area contributed by atoms with E-state index in [1.807, 2.05) is 6.92 Å². The first-order valence-corrected chi connectivity index (χ1v) is 5.39. The SMILES string of the molecule is Cc1ccnn1Cc1ccc([N+](=O)[O-])cc1[N+](=O)[O-]. The van der Waals surface area contributed by atoms with Crippen molar-refractivity contribution >= 4 is 11.4 Å². The number of aryl methyl sites for hydroxylation is 1. The van der Waals surface area contributed by atoms with E-state index in [0.717, 1.165) is 11.8 Å². The maximum absolute atomic E-state index is 11.0. The van der Waals surface area contributed by atoms with Crippen molar-refractivity contribution in [3.8, 4) is 0 Å². The van der Waals surface area contributed by atoms with Crippen molar-refractivity contribution in [3.05, 3.63) is 61.9 Å². The van der Waals surface area contributed by atoms with Gasteiger partial charge in [-0.2, -0.15) is 5.10 Å². The Morgan fingerprint density at radius 2 is 1.95 bits per heavy atom. The predicted molar refractivity (Wildman–Crippen MR) is 65.8 cm³/mol. The molecule has 1 heterocycles. The zero-order chi connectivity index (χ0) is 14.0. The summed E-state index contributed by atoms with van der Waals surface area (Å²) in [5.41, 5.74) is 0.659. The Bertz CT molecular complexity index is 650. The molecule has 8 nitrogen and oxygen atoms in total. The molecule has 19 heavy (non-hydrogen) atoms. The minimum atomic E-state index is -0.657. The predicted octanol–water partition coefficient (Wildman–Crippen LogP) is 2.06. The average Bonchev–Trinajstić information content (AvgIpc) is 2.75. The van der Waals surface area contributed by atoms with Crippen LogP contribution in [0.2, 0.25) is 0 Å². The number of non-ortho nitro benzene ring substituents is 1. The molecule has 0 unspecified atom stereocenters. The highest BCUT2D eigenvalue weighted by molar-refractivity contribution is 5.49. The van der Waals surface area contributed by atoms with Crippen LogP contribution in [0.25, 0.3) is 0 Å². The molecule has 8 heteroatoms. The minimum Gasteiger partial charge on any atom is -0.265 e. The number of nitro groups is 2. The van der Waals surface area contributed by atoms with E-state index in [-0.39, 0.29) is 17.9 Å². The second kappa shape index (κ2) is 4.84. The van der Waals surface area contributed by atoms with E-state index in [9.17, 15) is 20.2 Å². The largest absolute Gasteiger partial charge is 0.281 e. The summed E-state index contributed by atoms with van der Waals surface area (Å²) in [6, 6.07) is 5.38. The number of hydrogen-bond donors (Lipinski definition) is 0. The molecular formula is C11H10N4O4. The zero-order valence-corrected chi connectivity index (χ0v) is 10.0. The molecule has 0 fully saturated rings. The fraction of sp³-hybridized carbons (Fsp3) is 0.182. The lowest BCUT2D eigenvalue weighted by Gasteiger charge is -2.05. The highest BCUT2D eigenvalue weighted by Crippen LogP contribution is 2.25. The molecule has 0 aliphatic rings. The maximum atomic E-state index is 11.0. The molecule has 98 valence electrons. The second-order valence-electron chi connectivity index (χ2n) is 3.96. The van der Waals surface area contributed by atoms with Crippen LogP contribution in [0.1, 0.15) is 11.3 Å². The molecule has 0 spiro atoms. The molecule has 0 amide bonds. The third kappa shape index (κ3) is 2.57. The first kappa shape index (κ1) is 12.7. The molecule has 2 rings (SSSR count). The van der Waals surface area contributed by atoms with Gasteiger partial charge in [-0.3, -0.25) is 24.9 Å². The van der Waals surface area contributed by atoms with Gasteiger partial charge in [-0.25, -0.2) is 0 Å². The molecule has 0 aliphatic heterocycles. The number of nitrogens with zero attached hydrogens (tertiary/aromatic N) is 4.